The first-order valence-electron chi connectivity index (χ1n) is 7.07. The van der Waals surface area contributed by atoms with Gasteiger partial charge < -0.3 is 5.32 Å². The Morgan fingerprint density at radius 3 is 2.42 bits per heavy atom. The molecule has 0 saturated heterocycles. The number of nitrogens with one attached hydrogen (secondary N) is 2. The fourth-order valence-electron chi connectivity index (χ4n) is 2.08. The van der Waals surface area contributed by atoms with Crippen LogP contribution in [-0.2, 0) is 4.79 Å². The molecular weight excluding hydrogens is 236 g/mol. The zero-order chi connectivity index (χ0) is 14.4. The summed E-state index contributed by atoms with van der Waals surface area (Å²) >= 11 is 0. The van der Waals surface area contributed by atoms with Crippen molar-refractivity contribution in [3.05, 3.63) is 35.4 Å². The third-order valence-electron chi connectivity index (χ3n) is 3.55. The van der Waals surface area contributed by atoms with E-state index in [0.29, 0.717) is 0 Å². The average molecular weight is 262 g/mol. The predicted molar refractivity (Wildman–Crippen MR) is 80.1 cm³/mol. The van der Waals surface area contributed by atoms with E-state index in [2.05, 4.69) is 43.5 Å². The number of carbonyl (C=O) groups is 1. The molecule has 1 aromatic rings. The highest BCUT2D eigenvalue weighted by Gasteiger charge is 2.17. The SMILES string of the molecule is CCC(C)NC(=O)C(C)NC(C)c1ccccc1C. The Morgan fingerprint density at radius 2 is 1.84 bits per heavy atom. The van der Waals surface area contributed by atoms with E-state index in [1.165, 1.54) is 11.1 Å². The third kappa shape index (κ3) is 4.67. The lowest BCUT2D eigenvalue weighted by atomic mass is 10.0. The molecule has 0 aliphatic heterocycles. The monoisotopic (exact) mass is 262 g/mol. The van der Waals surface area contributed by atoms with E-state index in [1.807, 2.05) is 26.0 Å². The van der Waals surface area contributed by atoms with Crippen molar-refractivity contribution in [3.8, 4) is 0 Å². The molecule has 0 radical (unpaired) electrons. The van der Waals surface area contributed by atoms with Crippen molar-refractivity contribution in [3.63, 3.8) is 0 Å². The summed E-state index contributed by atoms with van der Waals surface area (Å²) in [6.45, 7) is 10.2. The normalized spacial score (nSPS) is 15.6. The van der Waals surface area contributed by atoms with Crippen LogP contribution in [0.15, 0.2) is 24.3 Å². The third-order valence-corrected chi connectivity index (χ3v) is 3.55. The number of aryl methyl sites for hydroxylation is 1. The van der Waals surface area contributed by atoms with Gasteiger partial charge in [0, 0.05) is 12.1 Å². The van der Waals surface area contributed by atoms with E-state index >= 15 is 0 Å². The summed E-state index contributed by atoms with van der Waals surface area (Å²) in [5.41, 5.74) is 2.49. The van der Waals surface area contributed by atoms with Gasteiger partial charge in [0.25, 0.3) is 0 Å². The fourth-order valence-corrected chi connectivity index (χ4v) is 2.08. The van der Waals surface area contributed by atoms with Crippen LogP contribution in [0.3, 0.4) is 0 Å². The van der Waals surface area contributed by atoms with Gasteiger partial charge in [0.05, 0.1) is 6.04 Å². The van der Waals surface area contributed by atoms with E-state index in [-0.39, 0.29) is 24.0 Å². The van der Waals surface area contributed by atoms with Crippen molar-refractivity contribution in [1.82, 2.24) is 10.6 Å². The van der Waals surface area contributed by atoms with Crippen LogP contribution in [-0.4, -0.2) is 18.0 Å². The van der Waals surface area contributed by atoms with Crippen LogP contribution < -0.4 is 10.6 Å². The summed E-state index contributed by atoms with van der Waals surface area (Å²) < 4.78 is 0. The van der Waals surface area contributed by atoms with Gasteiger partial charge in [0.15, 0.2) is 0 Å². The highest BCUT2D eigenvalue weighted by molar-refractivity contribution is 5.81. The maximum atomic E-state index is 12.0. The standard InChI is InChI=1S/C16H26N2O/c1-6-12(3)17-16(19)14(5)18-13(4)15-10-8-7-9-11(15)2/h7-10,12-14,18H,6H2,1-5H3,(H,17,19). The van der Waals surface area contributed by atoms with E-state index < -0.39 is 0 Å². The van der Waals surface area contributed by atoms with Gasteiger partial charge in [-0.05, 0) is 45.2 Å². The van der Waals surface area contributed by atoms with Crippen LogP contribution in [0.1, 0.15) is 51.3 Å². The molecule has 0 aliphatic carbocycles. The van der Waals surface area contributed by atoms with Gasteiger partial charge in [-0.1, -0.05) is 31.2 Å². The minimum absolute atomic E-state index is 0.0646. The Kier molecular flexibility index (Phi) is 6.03. The van der Waals surface area contributed by atoms with Crippen molar-refractivity contribution in [2.45, 2.75) is 59.2 Å². The molecule has 0 fully saturated rings. The van der Waals surface area contributed by atoms with Crippen LogP contribution >= 0.6 is 0 Å². The topological polar surface area (TPSA) is 41.1 Å². The first-order valence-corrected chi connectivity index (χ1v) is 7.07. The van der Waals surface area contributed by atoms with Gasteiger partial charge in [0.2, 0.25) is 5.91 Å². The summed E-state index contributed by atoms with van der Waals surface area (Å²) in [4.78, 5) is 12.0. The quantitative estimate of drug-likeness (QED) is 0.827. The maximum absolute atomic E-state index is 12.0. The first kappa shape index (κ1) is 15.7. The van der Waals surface area contributed by atoms with E-state index in [9.17, 15) is 4.79 Å². The number of hydrogen-bond donors (Lipinski definition) is 2. The van der Waals surface area contributed by atoms with Crippen molar-refractivity contribution in [1.29, 1.82) is 0 Å². The molecular formula is C16H26N2O. The van der Waals surface area contributed by atoms with Crippen LogP contribution in [0.2, 0.25) is 0 Å². The summed E-state index contributed by atoms with van der Waals surface area (Å²) in [5, 5.41) is 6.35. The molecule has 1 rings (SSSR count). The number of carbonyl (C=O) groups excluding carboxylic acids is 1. The zero-order valence-corrected chi connectivity index (χ0v) is 12.7. The second kappa shape index (κ2) is 7.29. The lowest BCUT2D eigenvalue weighted by Crippen LogP contribution is -2.46. The first-order chi connectivity index (χ1) is 8.95. The van der Waals surface area contributed by atoms with Crippen LogP contribution in [0, 0.1) is 6.92 Å². The number of hydrogen-bond acceptors (Lipinski definition) is 2. The Balaban J connectivity index is 2.59. The number of benzene rings is 1. The molecule has 0 aliphatic rings. The molecule has 3 nitrogen and oxygen atoms in total. The maximum Gasteiger partial charge on any atom is 0.237 e. The lowest BCUT2D eigenvalue weighted by molar-refractivity contribution is -0.123. The highest BCUT2D eigenvalue weighted by atomic mass is 16.2. The van der Waals surface area contributed by atoms with Crippen molar-refractivity contribution in [2.24, 2.45) is 0 Å². The van der Waals surface area contributed by atoms with Gasteiger partial charge >= 0.3 is 0 Å². The van der Waals surface area contributed by atoms with Gasteiger partial charge in [-0.25, -0.2) is 0 Å². The molecule has 0 saturated carbocycles. The Labute approximate surface area is 116 Å². The van der Waals surface area contributed by atoms with Crippen molar-refractivity contribution >= 4 is 5.91 Å². The molecule has 3 unspecified atom stereocenters. The molecule has 3 heteroatoms. The molecule has 0 bridgehead atoms. The van der Waals surface area contributed by atoms with Crippen LogP contribution in [0.4, 0.5) is 0 Å². The lowest BCUT2D eigenvalue weighted by Gasteiger charge is -2.22. The second-order valence-electron chi connectivity index (χ2n) is 5.28. The van der Waals surface area contributed by atoms with E-state index in [0.717, 1.165) is 6.42 Å². The number of amides is 1. The molecule has 0 aromatic heterocycles. The second-order valence-corrected chi connectivity index (χ2v) is 5.28. The fraction of sp³-hybridized carbons (Fsp3) is 0.562. The van der Waals surface area contributed by atoms with Crippen molar-refractivity contribution in [2.75, 3.05) is 0 Å². The summed E-state index contributed by atoms with van der Waals surface area (Å²) in [6, 6.07) is 8.46. The molecule has 106 valence electrons. The largest absolute Gasteiger partial charge is 0.352 e. The van der Waals surface area contributed by atoms with Gasteiger partial charge in [-0.3, -0.25) is 10.1 Å². The molecule has 3 atom stereocenters. The smallest absolute Gasteiger partial charge is 0.237 e. The Morgan fingerprint density at radius 1 is 1.21 bits per heavy atom. The minimum atomic E-state index is -0.191. The molecule has 1 amide bonds. The molecule has 0 spiro atoms. The predicted octanol–water partition coefficient (Wildman–Crippen LogP) is 2.95. The van der Waals surface area contributed by atoms with E-state index in [4.69, 9.17) is 0 Å². The molecule has 1 aromatic carbocycles. The highest BCUT2D eigenvalue weighted by Crippen LogP contribution is 2.17. The zero-order valence-electron chi connectivity index (χ0n) is 12.7. The van der Waals surface area contributed by atoms with Gasteiger partial charge in [0.1, 0.15) is 0 Å². The number of rotatable bonds is 6. The average Bonchev–Trinajstić information content (AvgIpc) is 2.38. The summed E-state index contributed by atoms with van der Waals surface area (Å²) in [5.74, 6) is 0.0646. The van der Waals surface area contributed by atoms with Gasteiger partial charge in [-0.15, -0.1) is 0 Å². The van der Waals surface area contributed by atoms with Crippen molar-refractivity contribution < 1.29 is 4.79 Å². The van der Waals surface area contributed by atoms with E-state index in [1.54, 1.807) is 0 Å². The van der Waals surface area contributed by atoms with Crippen LogP contribution in [0.25, 0.3) is 0 Å². The Hall–Kier alpha value is -1.35. The molecule has 0 heterocycles. The Bertz CT molecular complexity index is 417. The van der Waals surface area contributed by atoms with Crippen LogP contribution in [0.5, 0.6) is 0 Å². The summed E-state index contributed by atoms with van der Waals surface area (Å²) in [7, 11) is 0. The summed E-state index contributed by atoms with van der Waals surface area (Å²) in [6.07, 6.45) is 0.950. The molecule has 19 heavy (non-hydrogen) atoms. The minimum Gasteiger partial charge on any atom is -0.352 e. The molecule has 2 N–H and O–H groups in total. The van der Waals surface area contributed by atoms with Gasteiger partial charge in [-0.2, -0.15) is 0 Å².